The SMILES string of the molecule is CCN1C(=O)C(Cc2ccc(OC)c(OC)c2O)(CN(C)C(=O)O)c2cc(C)ccc21. The second-order valence-corrected chi connectivity index (χ2v) is 7.78. The summed E-state index contributed by atoms with van der Waals surface area (Å²) in [5, 5.41) is 20.4. The van der Waals surface area contributed by atoms with Crippen LogP contribution in [0.5, 0.6) is 17.2 Å². The van der Waals surface area contributed by atoms with E-state index in [1.807, 2.05) is 32.0 Å². The number of aromatic hydroxyl groups is 1. The fourth-order valence-corrected chi connectivity index (χ4v) is 4.34. The predicted octanol–water partition coefficient (Wildman–Crippen LogP) is 3.17. The number of anilines is 1. The number of hydrogen-bond donors (Lipinski definition) is 2. The number of rotatable bonds is 7. The molecular weight excluding hydrogens is 400 g/mol. The van der Waals surface area contributed by atoms with Gasteiger partial charge in [0.1, 0.15) is 0 Å². The highest BCUT2D eigenvalue weighted by atomic mass is 16.5. The standard InChI is InChI=1S/C23H28N2O6/c1-6-25-17-9-7-14(2)11-16(17)23(21(25)27,13-24(3)22(28)29)12-15-8-10-18(30-4)20(31-5)19(15)26/h7-11,26H,6,12-13H2,1-5H3,(H,28,29). The van der Waals surface area contributed by atoms with Gasteiger partial charge in [0.05, 0.1) is 19.6 Å². The van der Waals surface area contributed by atoms with Crippen LogP contribution < -0.4 is 14.4 Å². The zero-order valence-corrected chi connectivity index (χ0v) is 18.4. The summed E-state index contributed by atoms with van der Waals surface area (Å²) in [6.07, 6.45) is -1.03. The van der Waals surface area contributed by atoms with Crippen molar-refractivity contribution in [2.24, 2.45) is 0 Å². The third-order valence-corrected chi connectivity index (χ3v) is 5.86. The number of carboxylic acid groups (broad SMARTS) is 1. The zero-order chi connectivity index (χ0) is 22.9. The van der Waals surface area contributed by atoms with Crippen molar-refractivity contribution in [3.63, 3.8) is 0 Å². The number of benzene rings is 2. The summed E-state index contributed by atoms with van der Waals surface area (Å²) in [7, 11) is 4.34. The van der Waals surface area contributed by atoms with Crippen LogP contribution in [0, 0.1) is 6.92 Å². The van der Waals surface area contributed by atoms with E-state index in [2.05, 4.69) is 0 Å². The first kappa shape index (κ1) is 22.3. The third-order valence-electron chi connectivity index (χ3n) is 5.86. The van der Waals surface area contributed by atoms with Crippen molar-refractivity contribution >= 4 is 17.7 Å². The van der Waals surface area contributed by atoms with Crippen LogP contribution in [0.4, 0.5) is 10.5 Å². The summed E-state index contributed by atoms with van der Waals surface area (Å²) in [5.41, 5.74) is 1.75. The lowest BCUT2D eigenvalue weighted by molar-refractivity contribution is -0.123. The number of phenols is 1. The molecule has 0 bridgehead atoms. The Morgan fingerprint density at radius 2 is 1.90 bits per heavy atom. The van der Waals surface area contributed by atoms with Gasteiger partial charge >= 0.3 is 6.09 Å². The van der Waals surface area contributed by atoms with E-state index >= 15 is 0 Å². The number of carbonyl (C=O) groups is 2. The Kier molecular flexibility index (Phi) is 6.01. The van der Waals surface area contributed by atoms with Crippen molar-refractivity contribution in [2.45, 2.75) is 25.7 Å². The van der Waals surface area contributed by atoms with E-state index in [-0.39, 0.29) is 30.4 Å². The van der Waals surface area contributed by atoms with Crippen LogP contribution in [-0.2, 0) is 16.6 Å². The van der Waals surface area contributed by atoms with Crippen molar-refractivity contribution < 1.29 is 29.3 Å². The number of likely N-dealkylation sites (N-methyl/N-ethyl adjacent to an activating group) is 2. The van der Waals surface area contributed by atoms with Gasteiger partial charge in [0.15, 0.2) is 11.5 Å². The summed E-state index contributed by atoms with van der Waals surface area (Å²) >= 11 is 0. The fraction of sp³-hybridized carbons (Fsp3) is 0.391. The van der Waals surface area contributed by atoms with Crippen molar-refractivity contribution in [2.75, 3.05) is 39.3 Å². The minimum absolute atomic E-state index is 0.0537. The van der Waals surface area contributed by atoms with Gasteiger partial charge in [-0.15, -0.1) is 0 Å². The number of amides is 2. The molecule has 1 aliphatic rings. The molecule has 8 nitrogen and oxygen atoms in total. The highest BCUT2D eigenvalue weighted by Gasteiger charge is 2.52. The first-order chi connectivity index (χ1) is 14.7. The van der Waals surface area contributed by atoms with Crippen LogP contribution in [0.15, 0.2) is 30.3 Å². The molecule has 0 aliphatic carbocycles. The predicted molar refractivity (Wildman–Crippen MR) is 116 cm³/mol. The summed E-state index contributed by atoms with van der Waals surface area (Å²) in [5.74, 6) is 0.211. The molecule has 0 fully saturated rings. The molecule has 31 heavy (non-hydrogen) atoms. The van der Waals surface area contributed by atoms with E-state index < -0.39 is 11.5 Å². The first-order valence-electron chi connectivity index (χ1n) is 10.00. The lowest BCUT2D eigenvalue weighted by Crippen LogP contribution is -2.50. The van der Waals surface area contributed by atoms with E-state index in [4.69, 9.17) is 9.47 Å². The average Bonchev–Trinajstić information content (AvgIpc) is 2.96. The minimum atomic E-state index is -1.19. The van der Waals surface area contributed by atoms with Crippen molar-refractivity contribution in [3.8, 4) is 17.2 Å². The lowest BCUT2D eigenvalue weighted by Gasteiger charge is -2.32. The maximum Gasteiger partial charge on any atom is 0.407 e. The Hall–Kier alpha value is -3.42. The van der Waals surface area contributed by atoms with Gasteiger partial charge in [-0.3, -0.25) is 4.79 Å². The zero-order valence-electron chi connectivity index (χ0n) is 18.4. The summed E-state index contributed by atoms with van der Waals surface area (Å²) < 4.78 is 10.6. The molecule has 0 aromatic heterocycles. The quantitative estimate of drug-likeness (QED) is 0.703. The number of fused-ring (bicyclic) bond motifs is 1. The van der Waals surface area contributed by atoms with Gasteiger partial charge in [-0.25, -0.2) is 4.79 Å². The van der Waals surface area contributed by atoms with E-state index in [0.29, 0.717) is 17.9 Å². The Morgan fingerprint density at radius 1 is 1.19 bits per heavy atom. The summed E-state index contributed by atoms with van der Waals surface area (Å²) in [4.78, 5) is 28.2. The van der Waals surface area contributed by atoms with Crippen molar-refractivity contribution in [3.05, 3.63) is 47.0 Å². The van der Waals surface area contributed by atoms with E-state index in [9.17, 15) is 19.8 Å². The maximum absolute atomic E-state index is 13.7. The van der Waals surface area contributed by atoms with Gasteiger partial charge in [0.25, 0.3) is 0 Å². The topological polar surface area (TPSA) is 99.5 Å². The molecule has 1 atom stereocenters. The molecule has 1 aliphatic heterocycles. The van der Waals surface area contributed by atoms with Gasteiger partial charge in [-0.1, -0.05) is 23.8 Å². The first-order valence-corrected chi connectivity index (χ1v) is 10.00. The molecule has 2 aromatic carbocycles. The number of methoxy groups -OCH3 is 2. The van der Waals surface area contributed by atoms with E-state index in [1.165, 1.54) is 21.3 Å². The van der Waals surface area contributed by atoms with Gasteiger partial charge in [-0.05, 0) is 43.5 Å². The lowest BCUT2D eigenvalue weighted by atomic mass is 9.75. The molecule has 8 heteroatoms. The van der Waals surface area contributed by atoms with Crippen LogP contribution in [0.2, 0.25) is 0 Å². The molecule has 166 valence electrons. The Balaban J connectivity index is 2.22. The highest BCUT2D eigenvalue weighted by molar-refractivity contribution is 6.08. The molecule has 2 aromatic rings. The van der Waals surface area contributed by atoms with Crippen LogP contribution in [0.3, 0.4) is 0 Å². The molecule has 0 spiro atoms. The number of nitrogens with zero attached hydrogens (tertiary/aromatic N) is 2. The van der Waals surface area contributed by atoms with Gasteiger partial charge in [0, 0.05) is 25.8 Å². The number of ether oxygens (including phenoxy) is 2. The number of aryl methyl sites for hydroxylation is 1. The van der Waals surface area contributed by atoms with E-state index in [0.717, 1.165) is 21.7 Å². The van der Waals surface area contributed by atoms with Gasteiger partial charge in [-0.2, -0.15) is 0 Å². The van der Waals surface area contributed by atoms with Crippen LogP contribution in [0.25, 0.3) is 0 Å². The van der Waals surface area contributed by atoms with Crippen LogP contribution in [-0.4, -0.2) is 61.5 Å². The highest BCUT2D eigenvalue weighted by Crippen LogP contribution is 2.48. The van der Waals surface area contributed by atoms with Crippen molar-refractivity contribution in [1.82, 2.24) is 4.90 Å². The molecular formula is C23H28N2O6. The number of phenolic OH excluding ortho intramolecular Hbond substituents is 1. The molecule has 0 saturated heterocycles. The molecule has 1 heterocycles. The summed E-state index contributed by atoms with van der Waals surface area (Å²) in [6.45, 7) is 4.21. The Bertz CT molecular complexity index is 1020. The molecule has 3 rings (SSSR count). The number of hydrogen-bond acceptors (Lipinski definition) is 5. The maximum atomic E-state index is 13.7. The third kappa shape index (κ3) is 3.62. The van der Waals surface area contributed by atoms with Gasteiger partial charge in [0.2, 0.25) is 11.7 Å². The normalized spacial score (nSPS) is 17.5. The smallest absolute Gasteiger partial charge is 0.407 e. The fourth-order valence-electron chi connectivity index (χ4n) is 4.34. The monoisotopic (exact) mass is 428 g/mol. The van der Waals surface area contributed by atoms with Crippen LogP contribution in [0.1, 0.15) is 23.6 Å². The average molecular weight is 428 g/mol. The second-order valence-electron chi connectivity index (χ2n) is 7.78. The molecule has 0 saturated carbocycles. The van der Waals surface area contributed by atoms with E-state index in [1.54, 1.807) is 17.0 Å². The molecule has 1 unspecified atom stereocenters. The Labute approximate surface area is 181 Å². The largest absolute Gasteiger partial charge is 0.504 e. The number of carbonyl (C=O) groups excluding carboxylic acids is 1. The Morgan fingerprint density at radius 3 is 2.48 bits per heavy atom. The van der Waals surface area contributed by atoms with Crippen molar-refractivity contribution in [1.29, 1.82) is 0 Å². The molecule has 0 radical (unpaired) electrons. The van der Waals surface area contributed by atoms with Gasteiger partial charge < -0.3 is 29.5 Å². The summed E-state index contributed by atoms with van der Waals surface area (Å²) in [6, 6.07) is 9.09. The minimum Gasteiger partial charge on any atom is -0.504 e. The van der Waals surface area contributed by atoms with Crippen LogP contribution >= 0.6 is 0 Å². The second kappa shape index (κ2) is 8.37. The molecule has 2 amide bonds. The molecule has 2 N–H and O–H groups in total.